The molecule has 1 aromatic carbocycles. The predicted octanol–water partition coefficient (Wildman–Crippen LogP) is 1.12. The summed E-state index contributed by atoms with van der Waals surface area (Å²) in [6.07, 6.45) is 2.54. The Hall–Kier alpha value is -1.60. The van der Waals surface area contributed by atoms with Crippen LogP contribution in [-0.2, 0) is 14.8 Å². The third kappa shape index (κ3) is 5.71. The van der Waals surface area contributed by atoms with Crippen molar-refractivity contribution in [3.05, 3.63) is 24.3 Å². The van der Waals surface area contributed by atoms with Crippen molar-refractivity contribution in [2.75, 3.05) is 16.3 Å². The Morgan fingerprint density at radius 3 is 2.26 bits per heavy atom. The molecule has 6 nitrogen and oxygen atoms in total. The number of carbonyl (C=O) groups excluding carboxylic acids is 1. The second-order valence-electron chi connectivity index (χ2n) is 4.34. The van der Waals surface area contributed by atoms with Crippen molar-refractivity contribution in [1.29, 1.82) is 0 Å². The molecule has 19 heavy (non-hydrogen) atoms. The van der Waals surface area contributed by atoms with Gasteiger partial charge in [0.15, 0.2) is 0 Å². The Morgan fingerprint density at radius 2 is 1.79 bits per heavy atom. The molecule has 0 fully saturated rings. The number of benzene rings is 1. The summed E-state index contributed by atoms with van der Waals surface area (Å²) in [6.45, 7) is 1.96. The quantitative estimate of drug-likeness (QED) is 0.729. The number of carbonyl (C=O) groups is 1. The monoisotopic (exact) mass is 285 g/mol. The van der Waals surface area contributed by atoms with Crippen LogP contribution in [0.5, 0.6) is 0 Å². The molecular weight excluding hydrogens is 266 g/mol. The summed E-state index contributed by atoms with van der Waals surface area (Å²) in [5.41, 5.74) is 6.71. The number of nitrogens with one attached hydrogen (secondary N) is 2. The van der Waals surface area contributed by atoms with Crippen molar-refractivity contribution in [1.82, 2.24) is 0 Å². The Labute approximate surface area is 113 Å². The lowest BCUT2D eigenvalue weighted by Crippen LogP contribution is -2.35. The van der Waals surface area contributed by atoms with Crippen LogP contribution >= 0.6 is 0 Å². The minimum absolute atomic E-state index is 0.245. The second-order valence-corrected chi connectivity index (χ2v) is 6.08. The van der Waals surface area contributed by atoms with Crippen LogP contribution in [0.2, 0.25) is 0 Å². The van der Waals surface area contributed by atoms with E-state index in [4.69, 9.17) is 5.73 Å². The van der Waals surface area contributed by atoms with Crippen molar-refractivity contribution in [3.63, 3.8) is 0 Å². The van der Waals surface area contributed by atoms with Gasteiger partial charge in [0.25, 0.3) is 0 Å². The zero-order valence-electron chi connectivity index (χ0n) is 11.0. The molecule has 1 amide bonds. The van der Waals surface area contributed by atoms with Gasteiger partial charge in [-0.3, -0.25) is 9.52 Å². The molecule has 0 aliphatic heterocycles. The number of amides is 1. The van der Waals surface area contributed by atoms with Gasteiger partial charge in [-0.15, -0.1) is 0 Å². The van der Waals surface area contributed by atoms with Crippen LogP contribution < -0.4 is 15.8 Å². The first-order valence-corrected chi connectivity index (χ1v) is 7.85. The van der Waals surface area contributed by atoms with Gasteiger partial charge in [0.1, 0.15) is 0 Å². The zero-order valence-corrected chi connectivity index (χ0v) is 11.8. The molecule has 7 heteroatoms. The maximum Gasteiger partial charge on any atom is 0.241 e. The van der Waals surface area contributed by atoms with E-state index in [1.807, 2.05) is 6.92 Å². The van der Waals surface area contributed by atoms with E-state index in [2.05, 4.69) is 10.0 Å². The van der Waals surface area contributed by atoms with E-state index in [9.17, 15) is 13.2 Å². The Bertz CT molecular complexity index is 526. The molecule has 1 atom stereocenters. The number of hydrogen-bond acceptors (Lipinski definition) is 4. The highest BCUT2D eigenvalue weighted by atomic mass is 32.2. The van der Waals surface area contributed by atoms with E-state index < -0.39 is 16.1 Å². The number of hydrogen-bond donors (Lipinski definition) is 3. The van der Waals surface area contributed by atoms with Gasteiger partial charge >= 0.3 is 0 Å². The van der Waals surface area contributed by atoms with Crippen LogP contribution in [0.4, 0.5) is 11.4 Å². The van der Waals surface area contributed by atoms with Crippen LogP contribution in [0.15, 0.2) is 24.3 Å². The first-order valence-electron chi connectivity index (χ1n) is 5.96. The van der Waals surface area contributed by atoms with Gasteiger partial charge in [0.2, 0.25) is 15.9 Å². The summed E-state index contributed by atoms with van der Waals surface area (Å²) in [5, 5.41) is 2.68. The minimum Gasteiger partial charge on any atom is -0.325 e. The molecule has 106 valence electrons. The number of anilines is 2. The van der Waals surface area contributed by atoms with E-state index in [1.54, 1.807) is 24.3 Å². The van der Waals surface area contributed by atoms with Gasteiger partial charge in [-0.1, -0.05) is 13.3 Å². The SMILES string of the molecule is CCCC(N)C(=O)Nc1ccc(NS(C)(=O)=O)cc1. The fraction of sp³-hybridized carbons (Fsp3) is 0.417. The largest absolute Gasteiger partial charge is 0.325 e. The molecular formula is C12H19N3O3S. The summed E-state index contributed by atoms with van der Waals surface area (Å²) >= 11 is 0. The summed E-state index contributed by atoms with van der Waals surface area (Å²) in [6, 6.07) is 5.84. The molecule has 0 saturated carbocycles. The average Bonchev–Trinajstić information content (AvgIpc) is 2.30. The van der Waals surface area contributed by atoms with Crippen molar-refractivity contribution >= 4 is 27.3 Å². The highest BCUT2D eigenvalue weighted by Crippen LogP contribution is 2.14. The molecule has 4 N–H and O–H groups in total. The zero-order chi connectivity index (χ0) is 14.5. The maximum absolute atomic E-state index is 11.7. The second kappa shape index (κ2) is 6.53. The molecule has 0 aliphatic carbocycles. The maximum atomic E-state index is 11.7. The van der Waals surface area contributed by atoms with Gasteiger partial charge in [-0.05, 0) is 30.7 Å². The first-order chi connectivity index (χ1) is 8.81. The third-order valence-electron chi connectivity index (χ3n) is 2.39. The summed E-state index contributed by atoms with van der Waals surface area (Å²) in [7, 11) is -3.29. The number of sulfonamides is 1. The van der Waals surface area contributed by atoms with Crippen LogP contribution in [0.1, 0.15) is 19.8 Å². The van der Waals surface area contributed by atoms with Crippen molar-refractivity contribution < 1.29 is 13.2 Å². The molecule has 1 rings (SSSR count). The topological polar surface area (TPSA) is 101 Å². The van der Waals surface area contributed by atoms with Crippen molar-refractivity contribution in [3.8, 4) is 0 Å². The molecule has 1 unspecified atom stereocenters. The average molecular weight is 285 g/mol. The van der Waals surface area contributed by atoms with Crippen molar-refractivity contribution in [2.45, 2.75) is 25.8 Å². The normalized spacial score (nSPS) is 12.8. The van der Waals surface area contributed by atoms with Gasteiger partial charge < -0.3 is 11.1 Å². The van der Waals surface area contributed by atoms with Crippen LogP contribution in [0.3, 0.4) is 0 Å². The summed E-state index contributed by atoms with van der Waals surface area (Å²) < 4.78 is 24.4. The smallest absolute Gasteiger partial charge is 0.241 e. The third-order valence-corrected chi connectivity index (χ3v) is 3.00. The lowest BCUT2D eigenvalue weighted by Gasteiger charge is -2.11. The highest BCUT2D eigenvalue weighted by molar-refractivity contribution is 7.92. The molecule has 0 saturated heterocycles. The van der Waals surface area contributed by atoms with Gasteiger partial charge in [0.05, 0.1) is 12.3 Å². The first kappa shape index (κ1) is 15.5. The van der Waals surface area contributed by atoms with Crippen molar-refractivity contribution in [2.24, 2.45) is 5.73 Å². The van der Waals surface area contributed by atoms with Gasteiger partial charge in [-0.2, -0.15) is 0 Å². The molecule has 0 bridgehead atoms. The summed E-state index contributed by atoms with van der Waals surface area (Å²) in [5.74, 6) is -0.245. The minimum atomic E-state index is -3.29. The fourth-order valence-corrected chi connectivity index (χ4v) is 2.08. The van der Waals surface area contributed by atoms with E-state index in [0.29, 0.717) is 17.8 Å². The molecule has 1 aromatic rings. The lowest BCUT2D eigenvalue weighted by atomic mass is 10.1. The fourth-order valence-electron chi connectivity index (χ4n) is 1.51. The van der Waals surface area contributed by atoms with Crippen LogP contribution in [-0.4, -0.2) is 26.6 Å². The van der Waals surface area contributed by atoms with E-state index in [0.717, 1.165) is 12.7 Å². The van der Waals surface area contributed by atoms with E-state index in [1.165, 1.54) is 0 Å². The molecule has 0 aliphatic rings. The standard InChI is InChI=1S/C12H19N3O3S/c1-3-4-11(13)12(16)14-9-5-7-10(8-6-9)15-19(2,17)18/h5-8,11,15H,3-4,13H2,1-2H3,(H,14,16). The summed E-state index contributed by atoms with van der Waals surface area (Å²) in [4.78, 5) is 11.7. The van der Waals surface area contributed by atoms with Crippen LogP contribution in [0.25, 0.3) is 0 Å². The van der Waals surface area contributed by atoms with E-state index >= 15 is 0 Å². The highest BCUT2D eigenvalue weighted by Gasteiger charge is 2.12. The predicted molar refractivity (Wildman–Crippen MR) is 76.4 cm³/mol. The molecule has 0 radical (unpaired) electrons. The Balaban J connectivity index is 2.64. The van der Waals surface area contributed by atoms with E-state index in [-0.39, 0.29) is 5.91 Å². The van der Waals surface area contributed by atoms with Crippen LogP contribution in [0, 0.1) is 0 Å². The lowest BCUT2D eigenvalue weighted by molar-refractivity contribution is -0.117. The Kier molecular flexibility index (Phi) is 5.31. The van der Waals surface area contributed by atoms with Gasteiger partial charge in [-0.25, -0.2) is 8.42 Å². The molecule has 0 aromatic heterocycles. The molecule has 0 heterocycles. The number of rotatable bonds is 6. The number of nitrogens with two attached hydrogens (primary N) is 1. The van der Waals surface area contributed by atoms with Gasteiger partial charge in [0, 0.05) is 11.4 Å². The Morgan fingerprint density at radius 1 is 1.26 bits per heavy atom. The molecule has 0 spiro atoms.